The number of hydrogen-bond acceptors (Lipinski definition) is 8. The van der Waals surface area contributed by atoms with Gasteiger partial charge in [0.25, 0.3) is 0 Å². The Morgan fingerprint density at radius 2 is 2.18 bits per heavy atom. The highest BCUT2D eigenvalue weighted by atomic mass is 35.5. The van der Waals surface area contributed by atoms with E-state index in [1.165, 1.54) is 0 Å². The zero-order valence-electron chi connectivity index (χ0n) is 18.9. The molecule has 0 aromatic carbocycles. The Morgan fingerprint density at radius 1 is 1.26 bits per heavy atom. The maximum Gasteiger partial charge on any atom is 0.214 e. The number of nitrogens with one attached hydrogen (secondary N) is 2. The van der Waals surface area contributed by atoms with E-state index in [-0.39, 0.29) is 24.6 Å². The first-order chi connectivity index (χ1) is 16.1. The van der Waals surface area contributed by atoms with Crippen LogP contribution in [-0.4, -0.2) is 70.6 Å². The van der Waals surface area contributed by atoms with Gasteiger partial charge in [-0.1, -0.05) is 6.08 Å². The Hall–Kier alpha value is -3.11. The summed E-state index contributed by atoms with van der Waals surface area (Å²) in [6, 6.07) is 5.55. The molecule has 2 aromatic heterocycles. The zero-order chi connectivity index (χ0) is 22.6. The molecule has 4 heterocycles. The van der Waals surface area contributed by atoms with Crippen molar-refractivity contribution in [3.63, 3.8) is 0 Å². The number of anilines is 1. The number of aliphatic imine (C=N–C) groups is 1. The van der Waals surface area contributed by atoms with Crippen molar-refractivity contribution in [3.8, 4) is 11.6 Å². The van der Waals surface area contributed by atoms with E-state index in [0.717, 1.165) is 23.8 Å². The second-order valence-electron chi connectivity index (χ2n) is 8.38. The minimum atomic E-state index is -0.707. The van der Waals surface area contributed by atoms with Gasteiger partial charge >= 0.3 is 0 Å². The Labute approximate surface area is 204 Å². The van der Waals surface area contributed by atoms with Gasteiger partial charge < -0.3 is 20.1 Å². The Morgan fingerprint density at radius 3 is 2.91 bits per heavy atom. The van der Waals surface area contributed by atoms with Gasteiger partial charge in [-0.3, -0.25) is 14.6 Å². The Balaban J connectivity index is 0.00000274. The number of nitrogens with zero attached hydrogens (tertiary/aromatic N) is 5. The number of halogens is 2. The number of aryl methyl sites for hydroxylation is 1. The van der Waals surface area contributed by atoms with Crippen LogP contribution in [0.15, 0.2) is 59.1 Å². The van der Waals surface area contributed by atoms with E-state index in [1.54, 1.807) is 23.3 Å². The number of rotatable bonds is 8. The van der Waals surface area contributed by atoms with Crippen molar-refractivity contribution in [2.75, 3.05) is 31.6 Å². The highest BCUT2D eigenvalue weighted by Crippen LogP contribution is 2.28. The topological polar surface area (TPSA) is 88.8 Å². The SMILES string of the molecule is Cl.Cn1ccc(NC2=C3CC(Oc4ccc(OCCN5CC[C@H](F)C5)cn4)C=CC3N=CN2)n1. The monoisotopic (exact) mass is 489 g/mol. The van der Waals surface area contributed by atoms with E-state index in [1.807, 2.05) is 37.5 Å². The maximum atomic E-state index is 13.2. The smallest absolute Gasteiger partial charge is 0.214 e. The average Bonchev–Trinajstić information content (AvgIpc) is 3.43. The second kappa shape index (κ2) is 10.9. The van der Waals surface area contributed by atoms with Gasteiger partial charge in [-0.25, -0.2) is 9.37 Å². The van der Waals surface area contributed by atoms with Gasteiger partial charge in [0, 0.05) is 57.0 Å². The van der Waals surface area contributed by atoms with Crippen LogP contribution in [-0.2, 0) is 7.05 Å². The molecule has 1 saturated heterocycles. The van der Waals surface area contributed by atoms with Crippen LogP contribution in [0.1, 0.15) is 12.8 Å². The molecular weight excluding hydrogens is 461 g/mol. The third kappa shape index (κ3) is 5.87. The Kier molecular flexibility index (Phi) is 7.69. The molecule has 2 N–H and O–H groups in total. The van der Waals surface area contributed by atoms with E-state index in [2.05, 4.69) is 30.6 Å². The molecule has 2 unspecified atom stereocenters. The van der Waals surface area contributed by atoms with Crippen molar-refractivity contribution in [1.29, 1.82) is 0 Å². The number of hydrogen-bond donors (Lipinski definition) is 2. The molecule has 5 rings (SSSR count). The largest absolute Gasteiger partial charge is 0.491 e. The van der Waals surface area contributed by atoms with Crippen LogP contribution in [0, 0.1) is 0 Å². The van der Waals surface area contributed by atoms with Crippen molar-refractivity contribution in [1.82, 2.24) is 25.0 Å². The summed E-state index contributed by atoms with van der Waals surface area (Å²) in [4.78, 5) is 11.0. The molecule has 0 bridgehead atoms. The van der Waals surface area contributed by atoms with Crippen molar-refractivity contribution in [3.05, 3.63) is 54.1 Å². The lowest BCUT2D eigenvalue weighted by Crippen LogP contribution is -2.34. The van der Waals surface area contributed by atoms with E-state index in [0.29, 0.717) is 44.2 Å². The van der Waals surface area contributed by atoms with E-state index in [9.17, 15) is 4.39 Å². The highest BCUT2D eigenvalue weighted by Gasteiger charge is 2.27. The van der Waals surface area contributed by atoms with Gasteiger partial charge in [0.05, 0.1) is 18.6 Å². The third-order valence-electron chi connectivity index (χ3n) is 5.89. The fourth-order valence-corrected chi connectivity index (χ4v) is 4.18. The molecular formula is C23H29ClFN7O2. The number of aromatic nitrogens is 3. The summed E-state index contributed by atoms with van der Waals surface area (Å²) in [7, 11) is 1.88. The van der Waals surface area contributed by atoms with Crippen molar-refractivity contribution in [2.45, 2.75) is 31.2 Å². The number of likely N-dealkylation sites (tertiary alicyclic amines) is 1. The summed E-state index contributed by atoms with van der Waals surface area (Å²) in [5.41, 5.74) is 1.10. The quantitative estimate of drug-likeness (QED) is 0.551. The molecule has 0 radical (unpaired) electrons. The van der Waals surface area contributed by atoms with Crippen molar-refractivity contribution < 1.29 is 13.9 Å². The van der Waals surface area contributed by atoms with Gasteiger partial charge in [0.15, 0.2) is 5.82 Å². The minimum Gasteiger partial charge on any atom is -0.491 e. The van der Waals surface area contributed by atoms with Crippen LogP contribution in [0.3, 0.4) is 0 Å². The summed E-state index contributed by atoms with van der Waals surface area (Å²) in [5, 5.41) is 10.9. The van der Waals surface area contributed by atoms with Crippen LogP contribution in [0.2, 0.25) is 0 Å². The van der Waals surface area contributed by atoms with Gasteiger partial charge in [0.1, 0.15) is 30.5 Å². The lowest BCUT2D eigenvalue weighted by Gasteiger charge is -2.29. The first kappa shape index (κ1) is 24.0. The molecule has 0 spiro atoms. The molecule has 9 nitrogen and oxygen atoms in total. The number of pyridine rings is 1. The Bertz CT molecular complexity index is 1060. The normalized spacial score (nSPS) is 23.8. The van der Waals surface area contributed by atoms with E-state index < -0.39 is 6.17 Å². The lowest BCUT2D eigenvalue weighted by atomic mass is 9.93. The molecule has 1 aliphatic carbocycles. The van der Waals surface area contributed by atoms with Crippen molar-refractivity contribution >= 4 is 24.6 Å². The van der Waals surface area contributed by atoms with Gasteiger partial charge in [-0.15, -0.1) is 12.4 Å². The molecule has 0 amide bonds. The predicted octanol–water partition coefficient (Wildman–Crippen LogP) is 2.69. The number of ether oxygens (including phenoxy) is 2. The average molecular weight is 490 g/mol. The van der Waals surface area contributed by atoms with Crippen LogP contribution in [0.5, 0.6) is 11.6 Å². The van der Waals surface area contributed by atoms with Crippen LogP contribution in [0.25, 0.3) is 0 Å². The lowest BCUT2D eigenvalue weighted by molar-refractivity contribution is 0.220. The van der Waals surface area contributed by atoms with Gasteiger partial charge in [0.2, 0.25) is 5.88 Å². The molecule has 3 atom stereocenters. The first-order valence-electron chi connectivity index (χ1n) is 11.2. The summed E-state index contributed by atoms with van der Waals surface area (Å²) in [6.45, 7) is 2.52. The highest BCUT2D eigenvalue weighted by molar-refractivity contribution is 5.85. The fraction of sp³-hybridized carbons (Fsp3) is 0.435. The molecule has 1 fully saturated rings. The van der Waals surface area contributed by atoms with Crippen LogP contribution < -0.4 is 20.1 Å². The molecule has 11 heteroatoms. The standard InChI is InChI=1S/C23H28FN7O2.ClH/c1-30-8-7-21(29-30)28-23-19-12-17(2-4-20(19)26-15-27-23)33-22-5-3-18(13-25-22)32-11-10-31-9-6-16(24)14-31;/h2-5,7-8,13,15-17,20H,6,9-12,14H2,1H3,(H,26,27)(H,28,29);1H/t16-,17?,20?;/m0./s1. The van der Waals surface area contributed by atoms with E-state index in [4.69, 9.17) is 9.47 Å². The molecule has 0 saturated carbocycles. The fourth-order valence-electron chi connectivity index (χ4n) is 4.18. The molecule has 34 heavy (non-hydrogen) atoms. The molecule has 182 valence electrons. The summed E-state index contributed by atoms with van der Waals surface area (Å²) in [6.07, 6.45) is 9.73. The zero-order valence-corrected chi connectivity index (χ0v) is 19.7. The van der Waals surface area contributed by atoms with Crippen LogP contribution in [0.4, 0.5) is 10.2 Å². The summed E-state index contributed by atoms with van der Waals surface area (Å²) < 4.78 is 26.8. The van der Waals surface area contributed by atoms with Gasteiger partial charge in [-0.05, 0) is 18.6 Å². The summed E-state index contributed by atoms with van der Waals surface area (Å²) >= 11 is 0. The predicted molar refractivity (Wildman–Crippen MR) is 130 cm³/mol. The number of fused-ring (bicyclic) bond motifs is 1. The van der Waals surface area contributed by atoms with Crippen LogP contribution >= 0.6 is 12.4 Å². The first-order valence-corrected chi connectivity index (χ1v) is 11.2. The number of alkyl halides is 1. The summed E-state index contributed by atoms with van der Waals surface area (Å²) in [5.74, 6) is 2.84. The maximum absolute atomic E-state index is 13.2. The third-order valence-corrected chi connectivity index (χ3v) is 5.89. The van der Waals surface area contributed by atoms with Crippen molar-refractivity contribution in [2.24, 2.45) is 12.0 Å². The second-order valence-corrected chi connectivity index (χ2v) is 8.38. The minimum absolute atomic E-state index is 0. The molecule has 3 aliphatic rings. The van der Waals surface area contributed by atoms with E-state index >= 15 is 0 Å². The molecule has 2 aromatic rings. The van der Waals surface area contributed by atoms with Gasteiger partial charge in [-0.2, -0.15) is 5.10 Å². The molecule has 2 aliphatic heterocycles.